The molecule has 0 spiro atoms. The highest BCUT2D eigenvalue weighted by atomic mass is 16.4. The van der Waals surface area contributed by atoms with Crippen molar-refractivity contribution in [3.8, 4) is 11.4 Å². The summed E-state index contributed by atoms with van der Waals surface area (Å²) in [6, 6.07) is 7.42. The van der Waals surface area contributed by atoms with E-state index in [0.717, 1.165) is 17.2 Å². The van der Waals surface area contributed by atoms with Gasteiger partial charge in [-0.05, 0) is 12.8 Å². The number of carboxylic acid groups (broad SMARTS) is 1. The van der Waals surface area contributed by atoms with E-state index in [2.05, 4.69) is 4.90 Å². The fourth-order valence-electron chi connectivity index (χ4n) is 3.03. The predicted molar refractivity (Wildman–Crippen MR) is 92.2 cm³/mol. The number of amidine groups is 1. The van der Waals surface area contributed by atoms with Gasteiger partial charge in [-0.1, -0.05) is 24.3 Å². The van der Waals surface area contributed by atoms with E-state index in [4.69, 9.17) is 21.2 Å². The van der Waals surface area contributed by atoms with Gasteiger partial charge in [-0.2, -0.15) is 0 Å². The zero-order valence-corrected chi connectivity index (χ0v) is 13.6. The Kier molecular flexibility index (Phi) is 4.24. The van der Waals surface area contributed by atoms with Crippen LogP contribution in [-0.2, 0) is 11.8 Å². The molecule has 0 unspecified atom stereocenters. The Morgan fingerprint density at radius 1 is 1.29 bits per heavy atom. The molecule has 24 heavy (non-hydrogen) atoms. The molecule has 0 amide bonds. The number of imidazole rings is 1. The van der Waals surface area contributed by atoms with Crippen molar-refractivity contribution in [1.82, 2.24) is 9.55 Å². The van der Waals surface area contributed by atoms with E-state index in [9.17, 15) is 4.79 Å². The van der Waals surface area contributed by atoms with Crippen LogP contribution in [0.1, 0.15) is 18.4 Å². The van der Waals surface area contributed by atoms with Gasteiger partial charge in [0.25, 0.3) is 0 Å². The van der Waals surface area contributed by atoms with Crippen LogP contribution in [0.25, 0.3) is 11.4 Å². The molecule has 1 aromatic carbocycles. The zero-order chi connectivity index (χ0) is 17.3. The topological polar surface area (TPSA) is 108 Å². The van der Waals surface area contributed by atoms with E-state index in [1.54, 1.807) is 0 Å². The number of hydrogen-bond acceptors (Lipinski definition) is 4. The number of aromatic nitrogens is 2. The Morgan fingerprint density at radius 3 is 2.46 bits per heavy atom. The quantitative estimate of drug-likeness (QED) is 0.585. The second kappa shape index (κ2) is 6.35. The molecule has 0 atom stereocenters. The Labute approximate surface area is 140 Å². The van der Waals surface area contributed by atoms with Crippen LogP contribution in [-0.4, -0.2) is 39.6 Å². The summed E-state index contributed by atoms with van der Waals surface area (Å²) < 4.78 is 1.96. The summed E-state index contributed by atoms with van der Waals surface area (Å²) in [6.07, 6.45) is 3.26. The van der Waals surface area contributed by atoms with Gasteiger partial charge < -0.3 is 20.3 Å². The van der Waals surface area contributed by atoms with Gasteiger partial charge in [-0.3, -0.25) is 10.2 Å². The monoisotopic (exact) mass is 327 g/mol. The average Bonchev–Trinajstić information content (AvgIpc) is 2.97. The molecule has 0 saturated carbocycles. The lowest BCUT2D eigenvalue weighted by molar-refractivity contribution is -0.142. The molecular formula is C17H21N5O2. The third-order valence-electron chi connectivity index (χ3n) is 4.49. The van der Waals surface area contributed by atoms with Crippen LogP contribution in [0.5, 0.6) is 0 Å². The van der Waals surface area contributed by atoms with Crippen LogP contribution in [0, 0.1) is 11.3 Å². The fourth-order valence-corrected chi connectivity index (χ4v) is 3.03. The van der Waals surface area contributed by atoms with Crippen molar-refractivity contribution in [3.05, 3.63) is 36.0 Å². The molecule has 1 aliphatic heterocycles. The molecule has 7 nitrogen and oxygen atoms in total. The van der Waals surface area contributed by atoms with Crippen LogP contribution in [0.15, 0.2) is 30.5 Å². The molecule has 3 rings (SSSR count). The van der Waals surface area contributed by atoms with Crippen molar-refractivity contribution >= 4 is 17.6 Å². The smallest absolute Gasteiger partial charge is 0.306 e. The number of aryl methyl sites for hydroxylation is 1. The zero-order valence-electron chi connectivity index (χ0n) is 13.6. The summed E-state index contributed by atoms with van der Waals surface area (Å²) in [6.45, 7) is 1.41. The van der Waals surface area contributed by atoms with Crippen molar-refractivity contribution < 1.29 is 9.90 Å². The first-order valence-electron chi connectivity index (χ1n) is 7.91. The first-order chi connectivity index (χ1) is 11.5. The molecule has 1 saturated heterocycles. The highest BCUT2D eigenvalue weighted by molar-refractivity contribution is 5.95. The maximum absolute atomic E-state index is 11.1. The molecule has 0 aliphatic carbocycles. The summed E-state index contributed by atoms with van der Waals surface area (Å²) in [5.41, 5.74) is 7.12. The van der Waals surface area contributed by atoms with Crippen molar-refractivity contribution in [2.75, 3.05) is 18.0 Å². The first-order valence-corrected chi connectivity index (χ1v) is 7.91. The maximum Gasteiger partial charge on any atom is 0.306 e. The standard InChI is InChI=1S/C17H21N5O2/c1-21-10-14(22-8-6-13(7-9-22)17(23)24)20-16(21)12-4-2-11(3-5-12)15(18)19/h2-5,10,13H,6-9H2,1H3,(H3,18,19)(H,23,24). The van der Waals surface area contributed by atoms with Crippen molar-refractivity contribution in [3.63, 3.8) is 0 Å². The van der Waals surface area contributed by atoms with Crippen LogP contribution < -0.4 is 10.6 Å². The minimum atomic E-state index is -0.707. The molecule has 0 bridgehead atoms. The summed E-state index contributed by atoms with van der Waals surface area (Å²) >= 11 is 0. The first kappa shape index (κ1) is 16.0. The van der Waals surface area contributed by atoms with Crippen LogP contribution >= 0.6 is 0 Å². The molecule has 1 aliphatic rings. The Bertz CT molecular complexity index is 758. The number of nitrogen functional groups attached to an aromatic ring is 1. The van der Waals surface area contributed by atoms with E-state index in [-0.39, 0.29) is 11.8 Å². The molecule has 7 heteroatoms. The van der Waals surface area contributed by atoms with Crippen LogP contribution in [0.2, 0.25) is 0 Å². The Morgan fingerprint density at radius 2 is 1.92 bits per heavy atom. The molecule has 1 aromatic heterocycles. The number of aliphatic carboxylic acids is 1. The number of carbonyl (C=O) groups is 1. The maximum atomic E-state index is 11.1. The van der Waals surface area contributed by atoms with Crippen LogP contribution in [0.4, 0.5) is 5.82 Å². The SMILES string of the molecule is Cn1cc(N2CCC(C(=O)O)CC2)nc1-c1ccc(C(=N)N)cc1. The lowest BCUT2D eigenvalue weighted by Gasteiger charge is -2.30. The van der Waals surface area contributed by atoms with Crippen molar-refractivity contribution in [2.24, 2.45) is 18.7 Å². The second-order valence-corrected chi connectivity index (χ2v) is 6.12. The Hall–Kier alpha value is -2.83. The van der Waals surface area contributed by atoms with Crippen molar-refractivity contribution in [2.45, 2.75) is 12.8 Å². The molecule has 4 N–H and O–H groups in total. The fraction of sp³-hybridized carbons (Fsp3) is 0.353. The number of nitrogens with two attached hydrogens (primary N) is 1. The normalized spacial score (nSPS) is 15.5. The molecule has 1 fully saturated rings. The second-order valence-electron chi connectivity index (χ2n) is 6.12. The van der Waals surface area contributed by atoms with E-state index in [1.165, 1.54) is 0 Å². The van der Waals surface area contributed by atoms with Gasteiger partial charge in [0.1, 0.15) is 17.5 Å². The highest BCUT2D eigenvalue weighted by Crippen LogP contribution is 2.26. The molecule has 2 aromatic rings. The number of nitrogens with one attached hydrogen (secondary N) is 1. The minimum Gasteiger partial charge on any atom is -0.481 e. The Balaban J connectivity index is 1.78. The van der Waals surface area contributed by atoms with Gasteiger partial charge in [-0.25, -0.2) is 4.98 Å². The van der Waals surface area contributed by atoms with Gasteiger partial charge >= 0.3 is 5.97 Å². The summed E-state index contributed by atoms with van der Waals surface area (Å²) in [7, 11) is 1.94. The van der Waals surface area contributed by atoms with Gasteiger partial charge in [-0.15, -0.1) is 0 Å². The van der Waals surface area contributed by atoms with E-state index in [0.29, 0.717) is 31.5 Å². The summed E-state index contributed by atoms with van der Waals surface area (Å²) in [5.74, 6) is 0.793. The number of carboxylic acids is 1. The summed E-state index contributed by atoms with van der Waals surface area (Å²) in [5, 5.41) is 16.5. The molecule has 2 heterocycles. The van der Waals surface area contributed by atoms with Gasteiger partial charge in [0.05, 0.1) is 5.92 Å². The third kappa shape index (κ3) is 3.10. The largest absolute Gasteiger partial charge is 0.481 e. The molecular weight excluding hydrogens is 306 g/mol. The number of nitrogens with zero attached hydrogens (tertiary/aromatic N) is 3. The van der Waals surface area contributed by atoms with Gasteiger partial charge in [0, 0.05) is 37.5 Å². The lowest BCUT2D eigenvalue weighted by Crippen LogP contribution is -2.36. The van der Waals surface area contributed by atoms with Gasteiger partial charge in [0.2, 0.25) is 0 Å². The number of anilines is 1. The van der Waals surface area contributed by atoms with E-state index >= 15 is 0 Å². The number of hydrogen-bond donors (Lipinski definition) is 3. The number of benzene rings is 1. The lowest BCUT2D eigenvalue weighted by atomic mass is 9.97. The molecule has 126 valence electrons. The van der Waals surface area contributed by atoms with Crippen LogP contribution in [0.3, 0.4) is 0 Å². The number of piperidine rings is 1. The summed E-state index contributed by atoms with van der Waals surface area (Å²) in [4.78, 5) is 17.9. The van der Waals surface area contributed by atoms with E-state index < -0.39 is 5.97 Å². The average molecular weight is 327 g/mol. The highest BCUT2D eigenvalue weighted by Gasteiger charge is 2.26. The number of rotatable bonds is 4. The van der Waals surface area contributed by atoms with E-state index in [1.807, 2.05) is 42.1 Å². The van der Waals surface area contributed by atoms with Gasteiger partial charge in [0.15, 0.2) is 0 Å². The predicted octanol–water partition coefficient (Wildman–Crippen LogP) is 1.67. The molecule has 0 radical (unpaired) electrons. The van der Waals surface area contributed by atoms with Crippen molar-refractivity contribution in [1.29, 1.82) is 5.41 Å². The third-order valence-corrected chi connectivity index (χ3v) is 4.49. The minimum absolute atomic E-state index is 0.0448.